The fourth-order valence-corrected chi connectivity index (χ4v) is 2.28. The third-order valence-corrected chi connectivity index (χ3v) is 3.17. The van der Waals surface area contributed by atoms with Gasteiger partial charge in [-0.1, -0.05) is 0 Å². The Morgan fingerprint density at radius 2 is 1.46 bits per heavy atom. The zero-order chi connectivity index (χ0) is 18.7. The largest absolute Gasteiger partial charge is 0.481 e. The SMILES string of the molecule is CC(C)(C)OC(=O)N1CCN(C(=O)OC(C)(C)C)[C@@H](CC(=O)O)C1. The molecule has 8 heteroatoms. The van der Waals surface area contributed by atoms with Crippen molar-refractivity contribution in [3.63, 3.8) is 0 Å². The summed E-state index contributed by atoms with van der Waals surface area (Å²) in [7, 11) is 0. The Kier molecular flexibility index (Phi) is 6.08. The van der Waals surface area contributed by atoms with Crippen LogP contribution in [0, 0.1) is 0 Å². The Hall–Kier alpha value is -1.99. The first kappa shape index (κ1) is 20.1. The van der Waals surface area contributed by atoms with Gasteiger partial charge in [0.05, 0.1) is 12.5 Å². The van der Waals surface area contributed by atoms with E-state index < -0.39 is 35.4 Å². The van der Waals surface area contributed by atoms with Gasteiger partial charge in [0.25, 0.3) is 0 Å². The van der Waals surface area contributed by atoms with E-state index in [1.165, 1.54) is 9.80 Å². The molecule has 0 aromatic heterocycles. The maximum Gasteiger partial charge on any atom is 0.410 e. The number of rotatable bonds is 2. The summed E-state index contributed by atoms with van der Waals surface area (Å²) in [4.78, 5) is 38.4. The highest BCUT2D eigenvalue weighted by atomic mass is 16.6. The maximum absolute atomic E-state index is 12.3. The first-order valence-electron chi connectivity index (χ1n) is 7.98. The topological polar surface area (TPSA) is 96.4 Å². The fourth-order valence-electron chi connectivity index (χ4n) is 2.28. The molecule has 2 amide bonds. The summed E-state index contributed by atoms with van der Waals surface area (Å²) in [6.07, 6.45) is -1.35. The zero-order valence-corrected chi connectivity index (χ0v) is 15.3. The Labute approximate surface area is 142 Å². The maximum atomic E-state index is 12.3. The average Bonchev–Trinajstić information content (AvgIpc) is 2.33. The summed E-state index contributed by atoms with van der Waals surface area (Å²) >= 11 is 0. The molecule has 0 unspecified atom stereocenters. The molecule has 1 heterocycles. The molecule has 1 atom stereocenters. The van der Waals surface area contributed by atoms with Crippen molar-refractivity contribution in [2.24, 2.45) is 0 Å². The molecule has 0 aliphatic carbocycles. The zero-order valence-electron chi connectivity index (χ0n) is 15.3. The van der Waals surface area contributed by atoms with Crippen LogP contribution in [0.5, 0.6) is 0 Å². The summed E-state index contributed by atoms with van der Waals surface area (Å²) in [6, 6.07) is -0.654. The fraction of sp³-hybridized carbons (Fsp3) is 0.812. The van der Waals surface area contributed by atoms with Crippen LogP contribution in [0.1, 0.15) is 48.0 Å². The molecule has 0 bridgehead atoms. The Morgan fingerprint density at radius 1 is 0.958 bits per heavy atom. The van der Waals surface area contributed by atoms with Gasteiger partial charge >= 0.3 is 18.2 Å². The lowest BCUT2D eigenvalue weighted by atomic mass is 10.1. The van der Waals surface area contributed by atoms with E-state index in [0.717, 1.165) is 0 Å². The van der Waals surface area contributed by atoms with Gasteiger partial charge in [0.1, 0.15) is 11.2 Å². The van der Waals surface area contributed by atoms with Crippen molar-refractivity contribution >= 4 is 18.2 Å². The van der Waals surface area contributed by atoms with Gasteiger partial charge in [-0.15, -0.1) is 0 Å². The number of ether oxygens (including phenoxy) is 2. The lowest BCUT2D eigenvalue weighted by Gasteiger charge is -2.41. The lowest BCUT2D eigenvalue weighted by Crippen LogP contribution is -2.58. The highest BCUT2D eigenvalue weighted by molar-refractivity contribution is 5.73. The van der Waals surface area contributed by atoms with Crippen molar-refractivity contribution in [3.05, 3.63) is 0 Å². The van der Waals surface area contributed by atoms with Crippen LogP contribution in [0.2, 0.25) is 0 Å². The van der Waals surface area contributed by atoms with E-state index in [9.17, 15) is 14.4 Å². The molecule has 1 saturated heterocycles. The summed E-state index contributed by atoms with van der Waals surface area (Å²) in [5.41, 5.74) is -1.31. The van der Waals surface area contributed by atoms with Gasteiger partial charge in [-0.25, -0.2) is 9.59 Å². The second-order valence-electron chi connectivity index (χ2n) is 7.85. The van der Waals surface area contributed by atoms with Gasteiger partial charge < -0.3 is 24.4 Å². The summed E-state index contributed by atoms with van der Waals surface area (Å²) < 4.78 is 10.6. The molecule has 138 valence electrons. The minimum Gasteiger partial charge on any atom is -0.481 e. The number of piperazine rings is 1. The number of carboxylic acid groups (broad SMARTS) is 1. The van der Waals surface area contributed by atoms with Crippen LogP contribution in [0.15, 0.2) is 0 Å². The van der Waals surface area contributed by atoms with Crippen molar-refractivity contribution in [1.82, 2.24) is 9.80 Å². The predicted molar refractivity (Wildman–Crippen MR) is 86.8 cm³/mol. The predicted octanol–water partition coefficient (Wildman–Crippen LogP) is 2.32. The van der Waals surface area contributed by atoms with Gasteiger partial charge in [-0.05, 0) is 41.5 Å². The molecule has 0 spiro atoms. The Bertz CT molecular complexity index is 492. The van der Waals surface area contributed by atoms with Crippen molar-refractivity contribution in [1.29, 1.82) is 0 Å². The third-order valence-electron chi connectivity index (χ3n) is 3.17. The second kappa shape index (κ2) is 7.27. The minimum atomic E-state index is -1.04. The molecular formula is C16H28N2O6. The lowest BCUT2D eigenvalue weighted by molar-refractivity contribution is -0.138. The van der Waals surface area contributed by atoms with E-state index in [1.54, 1.807) is 41.5 Å². The molecule has 1 N–H and O–H groups in total. The van der Waals surface area contributed by atoms with Crippen LogP contribution in [-0.4, -0.2) is 69.9 Å². The molecule has 24 heavy (non-hydrogen) atoms. The van der Waals surface area contributed by atoms with Crippen LogP contribution in [-0.2, 0) is 14.3 Å². The highest BCUT2D eigenvalue weighted by Crippen LogP contribution is 2.20. The van der Waals surface area contributed by atoms with Crippen LogP contribution < -0.4 is 0 Å². The van der Waals surface area contributed by atoms with Gasteiger partial charge in [0.2, 0.25) is 0 Å². The molecule has 0 aromatic rings. The molecule has 1 fully saturated rings. The molecule has 0 aromatic carbocycles. The van der Waals surface area contributed by atoms with E-state index in [1.807, 2.05) is 0 Å². The van der Waals surface area contributed by atoms with Gasteiger partial charge in [-0.3, -0.25) is 4.79 Å². The van der Waals surface area contributed by atoms with Crippen molar-refractivity contribution < 1.29 is 29.0 Å². The molecular weight excluding hydrogens is 316 g/mol. The molecule has 0 saturated carbocycles. The average molecular weight is 344 g/mol. The van der Waals surface area contributed by atoms with E-state index in [4.69, 9.17) is 14.6 Å². The first-order valence-corrected chi connectivity index (χ1v) is 7.98. The number of hydrogen-bond acceptors (Lipinski definition) is 5. The number of carbonyl (C=O) groups is 3. The quantitative estimate of drug-likeness (QED) is 0.826. The standard InChI is InChI=1S/C16H28N2O6/c1-15(2,3)23-13(21)17-7-8-18(11(10-17)9-12(19)20)14(22)24-16(4,5)6/h11H,7-10H2,1-6H3,(H,19,20)/t11-/m0/s1. The monoisotopic (exact) mass is 344 g/mol. The number of carboxylic acids is 1. The highest BCUT2D eigenvalue weighted by Gasteiger charge is 2.37. The first-order chi connectivity index (χ1) is 10.8. The van der Waals surface area contributed by atoms with E-state index >= 15 is 0 Å². The number of carbonyl (C=O) groups excluding carboxylic acids is 2. The van der Waals surface area contributed by atoms with Gasteiger partial charge in [-0.2, -0.15) is 0 Å². The van der Waals surface area contributed by atoms with E-state index in [0.29, 0.717) is 0 Å². The minimum absolute atomic E-state index is 0.0977. The van der Waals surface area contributed by atoms with Crippen molar-refractivity contribution in [2.75, 3.05) is 19.6 Å². The molecule has 1 rings (SSSR count). The normalized spacial score (nSPS) is 19.0. The Morgan fingerprint density at radius 3 is 1.92 bits per heavy atom. The number of amides is 2. The van der Waals surface area contributed by atoms with Crippen LogP contribution >= 0.6 is 0 Å². The summed E-state index contributed by atoms with van der Waals surface area (Å²) in [5.74, 6) is -1.04. The van der Waals surface area contributed by atoms with Crippen LogP contribution in [0.4, 0.5) is 9.59 Å². The van der Waals surface area contributed by atoms with Gasteiger partial charge in [0, 0.05) is 19.6 Å². The number of hydrogen-bond donors (Lipinski definition) is 1. The summed E-state index contributed by atoms with van der Waals surface area (Å²) in [5, 5.41) is 9.10. The van der Waals surface area contributed by atoms with E-state index in [-0.39, 0.29) is 26.1 Å². The summed E-state index contributed by atoms with van der Waals surface area (Å²) in [6.45, 7) is 11.1. The van der Waals surface area contributed by atoms with E-state index in [2.05, 4.69) is 0 Å². The molecule has 0 radical (unpaired) electrons. The van der Waals surface area contributed by atoms with Crippen molar-refractivity contribution in [3.8, 4) is 0 Å². The number of nitrogens with zero attached hydrogens (tertiary/aromatic N) is 2. The van der Waals surface area contributed by atoms with Crippen LogP contribution in [0.25, 0.3) is 0 Å². The molecule has 1 aliphatic heterocycles. The Balaban J connectivity index is 2.82. The van der Waals surface area contributed by atoms with Crippen LogP contribution in [0.3, 0.4) is 0 Å². The number of aliphatic carboxylic acids is 1. The molecule has 1 aliphatic rings. The third kappa shape index (κ3) is 6.64. The second-order valence-corrected chi connectivity index (χ2v) is 7.85. The molecule has 8 nitrogen and oxygen atoms in total. The van der Waals surface area contributed by atoms with Crippen molar-refractivity contribution in [2.45, 2.75) is 65.2 Å². The smallest absolute Gasteiger partial charge is 0.410 e. The van der Waals surface area contributed by atoms with Gasteiger partial charge in [0.15, 0.2) is 0 Å².